The van der Waals surface area contributed by atoms with Crippen molar-refractivity contribution >= 4 is 45.8 Å². The minimum absolute atomic E-state index is 0.177. The molecule has 2 aromatic carbocycles. The van der Waals surface area contributed by atoms with Gasteiger partial charge in [-0.15, -0.1) is 0 Å². The number of halogens is 2. The molecule has 7 heteroatoms. The molecule has 1 heterocycles. The number of rotatable bonds is 5. The highest BCUT2D eigenvalue weighted by molar-refractivity contribution is 6.35. The largest absolute Gasteiger partial charge is 0.484 e. The van der Waals surface area contributed by atoms with Gasteiger partial charge in [0.2, 0.25) is 0 Å². The zero-order chi connectivity index (χ0) is 19.6. The molecule has 1 amide bonds. The number of fused-ring (bicyclic) bond motifs is 1. The minimum atomic E-state index is -0.420. The Morgan fingerprint density at radius 3 is 2.67 bits per heavy atom. The molecule has 3 aromatic rings. The standard InChI is InChI=1S/C20H17Cl2NO4/c1-11(2)15-9-20(25)27-18-8-13(4-5-14(15)18)26-10-19(24)23-17-7-12(21)3-6-16(17)22/h3-9,11H,10H2,1-2H3,(H,23,24). The Hall–Kier alpha value is -2.50. The third kappa shape index (κ3) is 4.62. The summed E-state index contributed by atoms with van der Waals surface area (Å²) >= 11 is 11.9. The fourth-order valence-electron chi connectivity index (χ4n) is 2.66. The van der Waals surface area contributed by atoms with Crippen molar-refractivity contribution in [1.82, 2.24) is 0 Å². The van der Waals surface area contributed by atoms with E-state index in [1.807, 2.05) is 19.9 Å². The van der Waals surface area contributed by atoms with Crippen molar-refractivity contribution in [2.24, 2.45) is 0 Å². The summed E-state index contributed by atoms with van der Waals surface area (Å²) in [6.07, 6.45) is 0. The van der Waals surface area contributed by atoms with Gasteiger partial charge in [-0.2, -0.15) is 0 Å². The summed E-state index contributed by atoms with van der Waals surface area (Å²) in [5.41, 5.74) is 1.31. The average molecular weight is 406 g/mol. The van der Waals surface area contributed by atoms with Crippen LogP contribution in [0, 0.1) is 0 Å². The number of carbonyl (C=O) groups excluding carboxylic acids is 1. The van der Waals surface area contributed by atoms with E-state index in [9.17, 15) is 9.59 Å². The fourth-order valence-corrected chi connectivity index (χ4v) is 3.00. The van der Waals surface area contributed by atoms with Gasteiger partial charge < -0.3 is 14.5 Å². The van der Waals surface area contributed by atoms with Crippen LogP contribution in [-0.2, 0) is 4.79 Å². The number of hydrogen-bond acceptors (Lipinski definition) is 4. The molecule has 0 atom stereocenters. The average Bonchev–Trinajstić information content (AvgIpc) is 2.62. The summed E-state index contributed by atoms with van der Waals surface area (Å²) in [7, 11) is 0. The van der Waals surface area contributed by atoms with E-state index in [1.54, 1.807) is 30.3 Å². The van der Waals surface area contributed by atoms with Crippen LogP contribution in [0.15, 0.2) is 51.7 Å². The van der Waals surface area contributed by atoms with E-state index in [1.165, 1.54) is 6.07 Å². The second kappa shape index (κ2) is 8.03. The van der Waals surface area contributed by atoms with Gasteiger partial charge in [0.25, 0.3) is 5.91 Å². The maximum Gasteiger partial charge on any atom is 0.336 e. The molecule has 0 aliphatic carbocycles. The molecule has 27 heavy (non-hydrogen) atoms. The van der Waals surface area contributed by atoms with E-state index in [0.717, 1.165) is 10.9 Å². The molecule has 3 rings (SSSR count). The highest BCUT2D eigenvalue weighted by Crippen LogP contribution is 2.27. The van der Waals surface area contributed by atoms with Gasteiger partial charge in [0, 0.05) is 22.5 Å². The van der Waals surface area contributed by atoms with Gasteiger partial charge in [0.1, 0.15) is 11.3 Å². The van der Waals surface area contributed by atoms with Crippen molar-refractivity contribution in [3.63, 3.8) is 0 Å². The summed E-state index contributed by atoms with van der Waals surface area (Å²) in [5.74, 6) is 0.201. The lowest BCUT2D eigenvalue weighted by atomic mass is 10.00. The van der Waals surface area contributed by atoms with Gasteiger partial charge >= 0.3 is 5.63 Å². The molecule has 0 bridgehead atoms. The number of carbonyl (C=O) groups is 1. The quantitative estimate of drug-likeness (QED) is 0.589. The Kier molecular flexibility index (Phi) is 5.73. The van der Waals surface area contributed by atoms with Crippen molar-refractivity contribution < 1.29 is 13.9 Å². The SMILES string of the molecule is CC(C)c1cc(=O)oc2cc(OCC(=O)Nc3cc(Cl)ccc3Cl)ccc12. The monoisotopic (exact) mass is 405 g/mol. The molecule has 0 aliphatic heterocycles. The van der Waals surface area contributed by atoms with Crippen molar-refractivity contribution in [2.75, 3.05) is 11.9 Å². The van der Waals surface area contributed by atoms with Crippen molar-refractivity contribution in [2.45, 2.75) is 19.8 Å². The number of amides is 1. The highest BCUT2D eigenvalue weighted by Gasteiger charge is 2.11. The lowest BCUT2D eigenvalue weighted by Crippen LogP contribution is -2.20. The van der Waals surface area contributed by atoms with Crippen LogP contribution < -0.4 is 15.7 Å². The molecule has 5 nitrogen and oxygen atoms in total. The fraction of sp³-hybridized carbons (Fsp3) is 0.200. The van der Waals surface area contributed by atoms with Gasteiger partial charge in [-0.3, -0.25) is 4.79 Å². The second-order valence-electron chi connectivity index (χ2n) is 6.29. The Labute approximate surface area is 165 Å². The molecule has 1 aromatic heterocycles. The third-order valence-electron chi connectivity index (χ3n) is 3.94. The van der Waals surface area contributed by atoms with E-state index < -0.39 is 11.5 Å². The molecule has 1 N–H and O–H groups in total. The van der Waals surface area contributed by atoms with Gasteiger partial charge in [0.15, 0.2) is 6.61 Å². The van der Waals surface area contributed by atoms with Crippen molar-refractivity contribution in [3.05, 3.63) is 68.5 Å². The first kappa shape index (κ1) is 19.3. The number of hydrogen-bond donors (Lipinski definition) is 1. The van der Waals surface area contributed by atoms with E-state index in [0.29, 0.717) is 27.1 Å². The predicted molar refractivity (Wildman–Crippen MR) is 107 cm³/mol. The molecule has 0 saturated heterocycles. The van der Waals surface area contributed by atoms with E-state index in [-0.39, 0.29) is 12.5 Å². The number of anilines is 1. The Morgan fingerprint density at radius 2 is 1.93 bits per heavy atom. The Balaban J connectivity index is 1.74. The third-order valence-corrected chi connectivity index (χ3v) is 4.51. The first-order valence-corrected chi connectivity index (χ1v) is 9.04. The lowest BCUT2D eigenvalue weighted by molar-refractivity contribution is -0.118. The first-order valence-electron chi connectivity index (χ1n) is 8.29. The Bertz CT molecular complexity index is 1060. The molecular weight excluding hydrogens is 389 g/mol. The van der Waals surface area contributed by atoms with Crippen LogP contribution in [0.4, 0.5) is 5.69 Å². The van der Waals surface area contributed by atoms with Gasteiger partial charge in [-0.05, 0) is 41.8 Å². The zero-order valence-corrected chi connectivity index (χ0v) is 16.2. The molecule has 0 aliphatic rings. The molecule has 0 spiro atoms. The molecule has 140 valence electrons. The van der Waals surface area contributed by atoms with Crippen LogP contribution >= 0.6 is 23.2 Å². The topological polar surface area (TPSA) is 68.5 Å². The first-order chi connectivity index (χ1) is 12.8. The lowest BCUT2D eigenvalue weighted by Gasteiger charge is -2.11. The minimum Gasteiger partial charge on any atom is -0.484 e. The van der Waals surface area contributed by atoms with Gasteiger partial charge in [-0.1, -0.05) is 37.0 Å². The van der Waals surface area contributed by atoms with Crippen molar-refractivity contribution in [3.8, 4) is 5.75 Å². The van der Waals surface area contributed by atoms with Crippen LogP contribution in [0.5, 0.6) is 5.75 Å². The molecule has 0 fully saturated rings. The summed E-state index contributed by atoms with van der Waals surface area (Å²) in [6, 6.07) is 11.4. The number of ether oxygens (including phenoxy) is 1. The maximum atomic E-state index is 12.1. The Morgan fingerprint density at radius 1 is 1.15 bits per heavy atom. The molecular formula is C20H17Cl2NO4. The van der Waals surface area contributed by atoms with E-state index in [4.69, 9.17) is 32.4 Å². The maximum absolute atomic E-state index is 12.1. The molecule has 0 saturated carbocycles. The van der Waals surface area contributed by atoms with Crippen LogP contribution in [-0.4, -0.2) is 12.5 Å². The summed E-state index contributed by atoms with van der Waals surface area (Å²) in [4.78, 5) is 23.9. The summed E-state index contributed by atoms with van der Waals surface area (Å²) < 4.78 is 10.8. The van der Waals surface area contributed by atoms with Crippen LogP contribution in [0.1, 0.15) is 25.3 Å². The van der Waals surface area contributed by atoms with Crippen LogP contribution in [0.25, 0.3) is 11.0 Å². The number of nitrogens with one attached hydrogen (secondary N) is 1. The zero-order valence-electron chi connectivity index (χ0n) is 14.7. The smallest absolute Gasteiger partial charge is 0.336 e. The highest BCUT2D eigenvalue weighted by atomic mass is 35.5. The molecule has 0 unspecified atom stereocenters. The molecule has 0 radical (unpaired) electrons. The summed E-state index contributed by atoms with van der Waals surface area (Å²) in [5, 5.41) is 4.31. The van der Waals surface area contributed by atoms with E-state index >= 15 is 0 Å². The van der Waals surface area contributed by atoms with Crippen molar-refractivity contribution in [1.29, 1.82) is 0 Å². The predicted octanol–water partition coefficient (Wildman–Crippen LogP) is 5.24. The second-order valence-corrected chi connectivity index (χ2v) is 7.14. The number of benzene rings is 2. The van der Waals surface area contributed by atoms with Gasteiger partial charge in [-0.25, -0.2) is 4.79 Å². The van der Waals surface area contributed by atoms with Gasteiger partial charge in [0.05, 0.1) is 10.7 Å². The normalized spacial score (nSPS) is 11.0. The van der Waals surface area contributed by atoms with Crippen LogP contribution in [0.3, 0.4) is 0 Å². The van der Waals surface area contributed by atoms with Crippen LogP contribution in [0.2, 0.25) is 10.0 Å². The summed E-state index contributed by atoms with van der Waals surface area (Å²) in [6.45, 7) is 3.77. The van der Waals surface area contributed by atoms with E-state index in [2.05, 4.69) is 5.32 Å².